The lowest BCUT2D eigenvalue weighted by Crippen LogP contribution is -2.38. The highest BCUT2D eigenvalue weighted by Crippen LogP contribution is 2.21. The molecule has 1 aromatic carbocycles. The standard InChI is InChI=1S/C19H19ClFN9O/c20-15-2-1-14(9-16(15)21)30-18-17(26-27-30)11-22-19(25-18)24-13-10-23-29(12-13)4-3-28-5-7-31-8-6-28/h1-2,9-12H,3-8H2,(H,22,24,25). The molecule has 1 aliphatic rings. The molecule has 160 valence electrons. The monoisotopic (exact) mass is 443 g/mol. The van der Waals surface area contributed by atoms with Crippen molar-refractivity contribution in [2.45, 2.75) is 6.54 Å². The Morgan fingerprint density at radius 1 is 1.16 bits per heavy atom. The minimum Gasteiger partial charge on any atom is -0.379 e. The lowest BCUT2D eigenvalue weighted by atomic mass is 10.3. The van der Waals surface area contributed by atoms with Crippen molar-refractivity contribution in [1.29, 1.82) is 0 Å². The van der Waals surface area contributed by atoms with Crippen molar-refractivity contribution in [2.24, 2.45) is 0 Å². The minimum absolute atomic E-state index is 0.0378. The van der Waals surface area contributed by atoms with Gasteiger partial charge >= 0.3 is 0 Å². The van der Waals surface area contributed by atoms with E-state index in [0.717, 1.165) is 45.1 Å². The molecule has 1 N–H and O–H groups in total. The van der Waals surface area contributed by atoms with Gasteiger partial charge in [0.05, 0.1) is 48.5 Å². The van der Waals surface area contributed by atoms with Gasteiger partial charge in [0.1, 0.15) is 5.82 Å². The molecule has 5 rings (SSSR count). The number of benzene rings is 1. The summed E-state index contributed by atoms with van der Waals surface area (Å²) in [6.07, 6.45) is 5.18. The van der Waals surface area contributed by atoms with E-state index in [1.165, 1.54) is 16.8 Å². The predicted octanol–water partition coefficient (Wildman–Crippen LogP) is 2.28. The molecule has 10 nitrogen and oxygen atoms in total. The number of aromatic nitrogens is 7. The number of halogens is 2. The molecule has 0 radical (unpaired) electrons. The minimum atomic E-state index is -0.542. The summed E-state index contributed by atoms with van der Waals surface area (Å²) in [6, 6.07) is 4.39. The number of morpholine rings is 1. The molecule has 0 atom stereocenters. The third kappa shape index (κ3) is 4.33. The Hall–Kier alpha value is -3.15. The predicted molar refractivity (Wildman–Crippen MR) is 112 cm³/mol. The molecule has 0 saturated carbocycles. The average Bonchev–Trinajstić information content (AvgIpc) is 3.42. The van der Waals surface area contributed by atoms with Gasteiger partial charge in [0, 0.05) is 31.9 Å². The van der Waals surface area contributed by atoms with Crippen LogP contribution in [0, 0.1) is 5.82 Å². The fourth-order valence-electron chi connectivity index (χ4n) is 3.33. The van der Waals surface area contributed by atoms with E-state index in [1.54, 1.807) is 18.5 Å². The zero-order chi connectivity index (χ0) is 21.2. The second-order valence-corrected chi connectivity index (χ2v) is 7.48. The largest absolute Gasteiger partial charge is 0.379 e. The number of anilines is 2. The van der Waals surface area contributed by atoms with Crippen molar-refractivity contribution in [3.8, 4) is 5.69 Å². The molecule has 0 bridgehead atoms. The smallest absolute Gasteiger partial charge is 0.229 e. The van der Waals surface area contributed by atoms with Gasteiger partial charge in [-0.3, -0.25) is 9.58 Å². The summed E-state index contributed by atoms with van der Waals surface area (Å²) in [6.45, 7) is 5.13. The number of hydrogen-bond acceptors (Lipinski definition) is 8. The molecule has 4 aromatic rings. The fourth-order valence-corrected chi connectivity index (χ4v) is 3.44. The maximum atomic E-state index is 13.9. The summed E-state index contributed by atoms with van der Waals surface area (Å²) in [7, 11) is 0. The number of nitrogens with one attached hydrogen (secondary N) is 1. The van der Waals surface area contributed by atoms with Crippen molar-refractivity contribution in [3.63, 3.8) is 0 Å². The Bertz CT molecular complexity index is 1200. The molecule has 4 heterocycles. The molecule has 1 saturated heterocycles. The van der Waals surface area contributed by atoms with E-state index >= 15 is 0 Å². The molecule has 12 heteroatoms. The third-order valence-electron chi connectivity index (χ3n) is 4.98. The average molecular weight is 444 g/mol. The lowest BCUT2D eigenvalue weighted by molar-refractivity contribution is 0.0360. The van der Waals surface area contributed by atoms with Gasteiger partial charge in [0.2, 0.25) is 5.95 Å². The van der Waals surface area contributed by atoms with E-state index in [2.05, 4.69) is 35.6 Å². The lowest BCUT2D eigenvalue weighted by Gasteiger charge is -2.26. The first-order valence-corrected chi connectivity index (χ1v) is 10.2. The summed E-state index contributed by atoms with van der Waals surface area (Å²) in [4.78, 5) is 11.1. The third-order valence-corrected chi connectivity index (χ3v) is 5.29. The Kier molecular flexibility index (Phi) is 5.45. The summed E-state index contributed by atoms with van der Waals surface area (Å²) < 4.78 is 22.5. The van der Waals surface area contributed by atoms with E-state index in [-0.39, 0.29) is 5.02 Å². The van der Waals surface area contributed by atoms with E-state index in [0.29, 0.717) is 22.8 Å². The normalized spacial score (nSPS) is 14.9. The van der Waals surface area contributed by atoms with E-state index in [9.17, 15) is 4.39 Å². The number of hydrogen-bond donors (Lipinski definition) is 1. The van der Waals surface area contributed by atoms with Crippen molar-refractivity contribution >= 4 is 34.4 Å². The number of ether oxygens (including phenoxy) is 1. The molecule has 1 fully saturated rings. The van der Waals surface area contributed by atoms with Crippen LogP contribution < -0.4 is 5.32 Å². The van der Waals surface area contributed by atoms with Gasteiger partial charge in [-0.05, 0) is 12.1 Å². The summed E-state index contributed by atoms with van der Waals surface area (Å²) in [5.41, 5.74) is 2.16. The SMILES string of the molecule is Fc1cc(-n2nnc3cnc(Nc4cnn(CCN5CCOCC5)c4)nc32)ccc1Cl. The molecule has 31 heavy (non-hydrogen) atoms. The Morgan fingerprint density at radius 2 is 2.03 bits per heavy atom. The Morgan fingerprint density at radius 3 is 2.87 bits per heavy atom. The second kappa shape index (κ2) is 8.53. The first-order valence-electron chi connectivity index (χ1n) is 9.79. The van der Waals surface area contributed by atoms with Crippen LogP contribution in [0.1, 0.15) is 0 Å². The number of fused-ring (bicyclic) bond motifs is 1. The van der Waals surface area contributed by atoms with Gasteiger partial charge < -0.3 is 10.1 Å². The zero-order valence-electron chi connectivity index (χ0n) is 16.4. The van der Waals surface area contributed by atoms with Gasteiger partial charge in [-0.2, -0.15) is 14.8 Å². The summed E-state index contributed by atoms with van der Waals surface area (Å²) >= 11 is 5.77. The molecular formula is C19H19ClFN9O. The topological polar surface area (TPSA) is 98.8 Å². The number of rotatable bonds is 6. The van der Waals surface area contributed by atoms with Crippen LogP contribution in [0.25, 0.3) is 16.9 Å². The van der Waals surface area contributed by atoms with Crippen LogP contribution >= 0.6 is 11.6 Å². The Balaban J connectivity index is 1.31. The van der Waals surface area contributed by atoms with Crippen LogP contribution in [0.5, 0.6) is 0 Å². The van der Waals surface area contributed by atoms with Crippen LogP contribution in [0.2, 0.25) is 5.02 Å². The zero-order valence-corrected chi connectivity index (χ0v) is 17.2. The number of nitrogens with zero attached hydrogens (tertiary/aromatic N) is 8. The van der Waals surface area contributed by atoms with Crippen molar-refractivity contribution in [2.75, 3.05) is 38.2 Å². The van der Waals surface area contributed by atoms with Crippen molar-refractivity contribution < 1.29 is 9.13 Å². The van der Waals surface area contributed by atoms with E-state index in [4.69, 9.17) is 16.3 Å². The molecule has 0 spiro atoms. The van der Waals surface area contributed by atoms with Gasteiger partial charge in [0.25, 0.3) is 0 Å². The molecule has 3 aromatic heterocycles. The van der Waals surface area contributed by atoms with Crippen LogP contribution in [0.15, 0.2) is 36.8 Å². The Labute approximate surface area is 181 Å². The van der Waals surface area contributed by atoms with Gasteiger partial charge in [-0.15, -0.1) is 5.10 Å². The fraction of sp³-hybridized carbons (Fsp3) is 0.316. The van der Waals surface area contributed by atoms with Crippen molar-refractivity contribution in [1.82, 2.24) is 39.6 Å². The highest BCUT2D eigenvalue weighted by atomic mass is 35.5. The summed E-state index contributed by atoms with van der Waals surface area (Å²) in [5.74, 6) is -0.182. The van der Waals surface area contributed by atoms with Crippen LogP contribution in [-0.4, -0.2) is 72.5 Å². The first kappa shape index (κ1) is 19.8. The molecular weight excluding hydrogens is 425 g/mol. The maximum Gasteiger partial charge on any atom is 0.229 e. The van der Waals surface area contributed by atoms with E-state index < -0.39 is 5.82 Å². The molecule has 0 amide bonds. The molecule has 1 aliphatic heterocycles. The molecule has 0 aliphatic carbocycles. The van der Waals surface area contributed by atoms with Crippen LogP contribution in [0.3, 0.4) is 0 Å². The summed E-state index contributed by atoms with van der Waals surface area (Å²) in [5, 5.41) is 15.7. The van der Waals surface area contributed by atoms with Crippen LogP contribution in [0.4, 0.5) is 16.0 Å². The maximum absolute atomic E-state index is 13.9. The highest BCUT2D eigenvalue weighted by Gasteiger charge is 2.13. The molecule has 0 unspecified atom stereocenters. The van der Waals surface area contributed by atoms with Gasteiger partial charge in [-0.25, -0.2) is 9.37 Å². The highest BCUT2D eigenvalue weighted by molar-refractivity contribution is 6.30. The van der Waals surface area contributed by atoms with Crippen molar-refractivity contribution in [3.05, 3.63) is 47.6 Å². The van der Waals surface area contributed by atoms with Gasteiger partial charge in [-0.1, -0.05) is 16.8 Å². The second-order valence-electron chi connectivity index (χ2n) is 7.07. The quantitative estimate of drug-likeness (QED) is 0.484. The van der Waals surface area contributed by atoms with Crippen LogP contribution in [-0.2, 0) is 11.3 Å². The first-order chi connectivity index (χ1) is 15.2. The van der Waals surface area contributed by atoms with E-state index in [1.807, 2.05) is 10.9 Å². The van der Waals surface area contributed by atoms with Gasteiger partial charge in [0.15, 0.2) is 11.2 Å².